The van der Waals surface area contributed by atoms with E-state index in [2.05, 4.69) is 28.8 Å². The first kappa shape index (κ1) is 9.91. The zero-order valence-electron chi connectivity index (χ0n) is 9.58. The second-order valence-electron chi connectivity index (χ2n) is 4.59. The number of aromatic nitrogens is 1. The highest BCUT2D eigenvalue weighted by molar-refractivity contribution is 5.85. The van der Waals surface area contributed by atoms with E-state index in [-0.39, 0.29) is 0 Å². The van der Waals surface area contributed by atoms with Crippen LogP contribution in [0.5, 0.6) is 0 Å². The second kappa shape index (κ2) is 3.95. The van der Waals surface area contributed by atoms with E-state index in [1.165, 1.54) is 48.0 Å². The SMILES string of the molecule is NCCc1c2n(c3ccccc13)CCCC2. The molecule has 2 heteroatoms. The van der Waals surface area contributed by atoms with E-state index < -0.39 is 0 Å². The van der Waals surface area contributed by atoms with Crippen molar-refractivity contribution in [1.29, 1.82) is 0 Å². The molecule has 0 saturated carbocycles. The van der Waals surface area contributed by atoms with E-state index in [4.69, 9.17) is 5.73 Å². The van der Waals surface area contributed by atoms with Crippen molar-refractivity contribution >= 4 is 10.9 Å². The summed E-state index contributed by atoms with van der Waals surface area (Å²) in [6.07, 6.45) is 4.88. The van der Waals surface area contributed by atoms with Gasteiger partial charge in [-0.25, -0.2) is 0 Å². The average molecular weight is 214 g/mol. The molecular weight excluding hydrogens is 196 g/mol. The molecule has 84 valence electrons. The number of benzene rings is 1. The van der Waals surface area contributed by atoms with Gasteiger partial charge in [-0.1, -0.05) is 18.2 Å². The highest BCUT2D eigenvalue weighted by Crippen LogP contribution is 2.30. The minimum Gasteiger partial charge on any atom is -0.344 e. The van der Waals surface area contributed by atoms with Crippen LogP contribution in [-0.2, 0) is 19.4 Å². The van der Waals surface area contributed by atoms with Gasteiger partial charge in [-0.05, 0) is 43.9 Å². The maximum Gasteiger partial charge on any atom is 0.0485 e. The standard InChI is InChI=1S/C14H18N2/c15-9-8-12-11-5-1-2-6-13(11)16-10-4-3-7-14(12)16/h1-2,5-6H,3-4,7-10,15H2. The predicted molar refractivity (Wildman–Crippen MR) is 67.6 cm³/mol. The number of aryl methyl sites for hydroxylation is 1. The number of para-hydroxylation sites is 1. The van der Waals surface area contributed by atoms with E-state index >= 15 is 0 Å². The Morgan fingerprint density at radius 1 is 1.19 bits per heavy atom. The van der Waals surface area contributed by atoms with Gasteiger partial charge in [0, 0.05) is 23.1 Å². The van der Waals surface area contributed by atoms with E-state index in [0.717, 1.165) is 13.0 Å². The van der Waals surface area contributed by atoms with Gasteiger partial charge in [-0.2, -0.15) is 0 Å². The fraction of sp³-hybridized carbons (Fsp3) is 0.429. The Bertz CT molecular complexity index is 511. The minimum atomic E-state index is 0.751. The monoisotopic (exact) mass is 214 g/mol. The van der Waals surface area contributed by atoms with Gasteiger partial charge < -0.3 is 10.3 Å². The van der Waals surface area contributed by atoms with Crippen LogP contribution in [0.4, 0.5) is 0 Å². The molecule has 1 aliphatic rings. The van der Waals surface area contributed by atoms with E-state index in [0.29, 0.717) is 0 Å². The largest absolute Gasteiger partial charge is 0.344 e. The van der Waals surface area contributed by atoms with Crippen molar-refractivity contribution in [3.8, 4) is 0 Å². The minimum absolute atomic E-state index is 0.751. The molecular formula is C14H18N2. The molecule has 0 aliphatic carbocycles. The highest BCUT2D eigenvalue weighted by atomic mass is 15.0. The van der Waals surface area contributed by atoms with E-state index in [9.17, 15) is 0 Å². The quantitative estimate of drug-likeness (QED) is 0.818. The van der Waals surface area contributed by atoms with E-state index in [1.54, 1.807) is 0 Å². The molecule has 1 aromatic heterocycles. The summed E-state index contributed by atoms with van der Waals surface area (Å²) in [5, 5.41) is 1.42. The summed E-state index contributed by atoms with van der Waals surface area (Å²) in [7, 11) is 0. The third-order valence-electron chi connectivity index (χ3n) is 3.63. The van der Waals surface area contributed by atoms with E-state index in [1.807, 2.05) is 0 Å². The lowest BCUT2D eigenvalue weighted by molar-refractivity contribution is 0.541. The molecule has 0 unspecified atom stereocenters. The lowest BCUT2D eigenvalue weighted by Gasteiger charge is -2.17. The molecule has 0 saturated heterocycles. The third-order valence-corrected chi connectivity index (χ3v) is 3.63. The molecule has 1 aliphatic heterocycles. The van der Waals surface area contributed by atoms with Gasteiger partial charge in [0.25, 0.3) is 0 Å². The molecule has 3 rings (SSSR count). The smallest absolute Gasteiger partial charge is 0.0485 e. The number of hydrogen-bond acceptors (Lipinski definition) is 1. The van der Waals surface area contributed by atoms with Crippen molar-refractivity contribution < 1.29 is 0 Å². The molecule has 0 radical (unpaired) electrons. The van der Waals surface area contributed by atoms with Crippen LogP contribution in [0, 0.1) is 0 Å². The van der Waals surface area contributed by atoms with Gasteiger partial charge in [0.1, 0.15) is 0 Å². The van der Waals surface area contributed by atoms with Crippen molar-refractivity contribution in [2.45, 2.75) is 32.2 Å². The number of rotatable bonds is 2. The van der Waals surface area contributed by atoms with Crippen molar-refractivity contribution in [1.82, 2.24) is 4.57 Å². The summed E-state index contributed by atoms with van der Waals surface area (Å²) in [5.41, 5.74) is 10.2. The van der Waals surface area contributed by atoms with Gasteiger partial charge in [-0.15, -0.1) is 0 Å². The molecule has 2 heterocycles. The first-order valence-electron chi connectivity index (χ1n) is 6.21. The first-order chi connectivity index (χ1) is 7.92. The molecule has 1 aromatic carbocycles. The maximum atomic E-state index is 5.73. The van der Waals surface area contributed by atoms with Crippen LogP contribution in [0.3, 0.4) is 0 Å². The lowest BCUT2D eigenvalue weighted by Crippen LogP contribution is -2.12. The van der Waals surface area contributed by atoms with Crippen LogP contribution in [0.25, 0.3) is 10.9 Å². The average Bonchev–Trinajstić information content (AvgIpc) is 2.66. The summed E-state index contributed by atoms with van der Waals surface area (Å²) in [6, 6.07) is 8.75. The fourth-order valence-corrected chi connectivity index (χ4v) is 2.95. The van der Waals surface area contributed by atoms with Crippen molar-refractivity contribution in [2.24, 2.45) is 5.73 Å². The van der Waals surface area contributed by atoms with Gasteiger partial charge in [0.15, 0.2) is 0 Å². The summed E-state index contributed by atoms with van der Waals surface area (Å²) in [6.45, 7) is 1.93. The Labute approximate surface area is 96.1 Å². The van der Waals surface area contributed by atoms with Crippen LogP contribution >= 0.6 is 0 Å². The summed E-state index contributed by atoms with van der Waals surface area (Å²) in [5.74, 6) is 0. The lowest BCUT2D eigenvalue weighted by atomic mass is 10.0. The van der Waals surface area contributed by atoms with Gasteiger partial charge in [-0.3, -0.25) is 0 Å². The molecule has 0 fully saturated rings. The predicted octanol–water partition coefficient (Wildman–Crippen LogP) is 2.48. The number of fused-ring (bicyclic) bond motifs is 3. The summed E-state index contributed by atoms with van der Waals surface area (Å²) >= 11 is 0. The molecule has 16 heavy (non-hydrogen) atoms. The molecule has 0 bridgehead atoms. The number of nitrogens with zero attached hydrogens (tertiary/aromatic N) is 1. The van der Waals surface area contributed by atoms with Crippen LogP contribution in [-0.4, -0.2) is 11.1 Å². The number of hydrogen-bond donors (Lipinski definition) is 1. The Kier molecular flexibility index (Phi) is 2.44. The molecule has 0 atom stereocenters. The Balaban J connectivity index is 2.28. The van der Waals surface area contributed by atoms with Crippen molar-refractivity contribution in [2.75, 3.05) is 6.54 Å². The molecule has 0 spiro atoms. The van der Waals surface area contributed by atoms with Gasteiger partial charge in [0.2, 0.25) is 0 Å². The molecule has 2 N–H and O–H groups in total. The Morgan fingerprint density at radius 3 is 2.94 bits per heavy atom. The molecule has 2 nitrogen and oxygen atoms in total. The number of nitrogens with two attached hydrogens (primary N) is 1. The summed E-state index contributed by atoms with van der Waals surface area (Å²) in [4.78, 5) is 0. The van der Waals surface area contributed by atoms with Gasteiger partial charge >= 0.3 is 0 Å². The van der Waals surface area contributed by atoms with Crippen LogP contribution < -0.4 is 5.73 Å². The topological polar surface area (TPSA) is 30.9 Å². The zero-order chi connectivity index (χ0) is 11.0. The third kappa shape index (κ3) is 1.37. The summed E-state index contributed by atoms with van der Waals surface area (Å²) < 4.78 is 2.50. The van der Waals surface area contributed by atoms with Crippen LogP contribution in [0.2, 0.25) is 0 Å². The highest BCUT2D eigenvalue weighted by Gasteiger charge is 2.18. The van der Waals surface area contributed by atoms with Crippen LogP contribution in [0.15, 0.2) is 24.3 Å². The maximum absolute atomic E-state index is 5.73. The molecule has 2 aromatic rings. The normalized spacial score (nSPS) is 15.3. The first-order valence-corrected chi connectivity index (χ1v) is 6.21. The Morgan fingerprint density at radius 2 is 2.06 bits per heavy atom. The van der Waals surface area contributed by atoms with Gasteiger partial charge in [0.05, 0.1) is 0 Å². The zero-order valence-corrected chi connectivity index (χ0v) is 9.58. The van der Waals surface area contributed by atoms with Crippen molar-refractivity contribution in [3.05, 3.63) is 35.5 Å². The molecule has 0 amide bonds. The van der Waals surface area contributed by atoms with Crippen molar-refractivity contribution in [3.63, 3.8) is 0 Å². The van der Waals surface area contributed by atoms with Crippen LogP contribution in [0.1, 0.15) is 24.1 Å². The second-order valence-corrected chi connectivity index (χ2v) is 4.59. The fourth-order valence-electron chi connectivity index (χ4n) is 2.95. The Hall–Kier alpha value is -1.28.